The van der Waals surface area contributed by atoms with Crippen molar-refractivity contribution in [1.29, 1.82) is 0 Å². The van der Waals surface area contributed by atoms with Gasteiger partial charge in [-0.15, -0.1) is 0 Å². The lowest BCUT2D eigenvalue weighted by atomic mass is 10.2. The van der Waals surface area contributed by atoms with E-state index in [2.05, 4.69) is 29.4 Å². The fourth-order valence-corrected chi connectivity index (χ4v) is 3.35. The number of para-hydroxylation sites is 1. The first-order valence-corrected chi connectivity index (χ1v) is 9.68. The summed E-state index contributed by atoms with van der Waals surface area (Å²) >= 11 is 0. The van der Waals surface area contributed by atoms with Crippen LogP contribution in [0.5, 0.6) is 0 Å². The van der Waals surface area contributed by atoms with E-state index in [4.69, 9.17) is 0 Å². The molecule has 6 nitrogen and oxygen atoms in total. The van der Waals surface area contributed by atoms with E-state index >= 15 is 0 Å². The van der Waals surface area contributed by atoms with E-state index in [1.807, 2.05) is 37.3 Å². The summed E-state index contributed by atoms with van der Waals surface area (Å²) in [6.45, 7) is 10.1. The fraction of sp³-hybridized carbons (Fsp3) is 0.600. The van der Waals surface area contributed by atoms with E-state index in [1.54, 1.807) is 4.90 Å². The van der Waals surface area contributed by atoms with Gasteiger partial charge in [-0.25, -0.2) is 4.79 Å². The Morgan fingerprint density at radius 2 is 1.96 bits per heavy atom. The first-order valence-electron chi connectivity index (χ1n) is 9.68. The predicted molar refractivity (Wildman–Crippen MR) is 105 cm³/mol. The summed E-state index contributed by atoms with van der Waals surface area (Å²) in [5.41, 5.74) is 0.881. The van der Waals surface area contributed by atoms with Gasteiger partial charge in [0.2, 0.25) is 5.91 Å². The molecule has 6 heteroatoms. The number of nitrogens with zero attached hydrogens (tertiary/aromatic N) is 2. The second-order valence-electron chi connectivity index (χ2n) is 6.93. The number of benzene rings is 1. The molecule has 1 heterocycles. The van der Waals surface area contributed by atoms with Crippen molar-refractivity contribution in [3.8, 4) is 0 Å². The van der Waals surface area contributed by atoms with Gasteiger partial charge < -0.3 is 20.4 Å². The van der Waals surface area contributed by atoms with Crippen molar-refractivity contribution in [2.24, 2.45) is 0 Å². The zero-order valence-corrected chi connectivity index (χ0v) is 16.2. The third kappa shape index (κ3) is 6.02. The normalized spacial score (nSPS) is 18.2. The van der Waals surface area contributed by atoms with Crippen LogP contribution >= 0.6 is 0 Å². The van der Waals surface area contributed by atoms with Crippen LogP contribution in [0.2, 0.25) is 0 Å². The average molecular weight is 361 g/mol. The highest BCUT2D eigenvalue weighted by Crippen LogP contribution is 2.20. The van der Waals surface area contributed by atoms with Crippen molar-refractivity contribution >= 4 is 17.6 Å². The minimum absolute atomic E-state index is 0.0498. The Balaban J connectivity index is 1.72. The predicted octanol–water partition coefficient (Wildman–Crippen LogP) is 2.60. The Morgan fingerprint density at radius 3 is 2.62 bits per heavy atom. The van der Waals surface area contributed by atoms with Crippen LogP contribution in [-0.4, -0.2) is 55.1 Å². The Bertz CT molecular complexity index is 574. The second kappa shape index (κ2) is 10.2. The number of amides is 3. The van der Waals surface area contributed by atoms with Crippen LogP contribution in [0.15, 0.2) is 30.3 Å². The third-order valence-electron chi connectivity index (χ3n) is 4.91. The summed E-state index contributed by atoms with van der Waals surface area (Å²) in [5.74, 6) is 0.0498. The molecule has 0 bridgehead atoms. The van der Waals surface area contributed by atoms with E-state index in [0.29, 0.717) is 13.0 Å². The first kappa shape index (κ1) is 20.2. The summed E-state index contributed by atoms with van der Waals surface area (Å²) in [6, 6.07) is 9.36. The minimum atomic E-state index is -0.187. The quantitative estimate of drug-likeness (QED) is 0.711. The Kier molecular flexibility index (Phi) is 7.91. The Labute approximate surface area is 156 Å². The summed E-state index contributed by atoms with van der Waals surface area (Å²) in [6.07, 6.45) is 2.36. The summed E-state index contributed by atoms with van der Waals surface area (Å²) in [4.78, 5) is 28.5. The number of carbonyl (C=O) groups excluding carboxylic acids is 2. The maximum atomic E-state index is 12.2. The van der Waals surface area contributed by atoms with E-state index in [-0.39, 0.29) is 24.0 Å². The van der Waals surface area contributed by atoms with Gasteiger partial charge in [-0.05, 0) is 51.5 Å². The maximum Gasteiger partial charge on any atom is 0.315 e. The molecule has 0 aromatic heterocycles. The molecule has 0 saturated carbocycles. The first-order chi connectivity index (χ1) is 12.5. The van der Waals surface area contributed by atoms with E-state index < -0.39 is 0 Å². The number of carbonyl (C=O) groups is 2. The molecule has 0 aliphatic carbocycles. The summed E-state index contributed by atoms with van der Waals surface area (Å²) in [7, 11) is 0. The number of rotatable bonds is 9. The van der Waals surface area contributed by atoms with Crippen molar-refractivity contribution in [1.82, 2.24) is 15.5 Å². The lowest BCUT2D eigenvalue weighted by Crippen LogP contribution is -2.46. The van der Waals surface area contributed by atoms with Crippen molar-refractivity contribution in [3.05, 3.63) is 30.3 Å². The molecule has 26 heavy (non-hydrogen) atoms. The molecule has 0 spiro atoms. The Morgan fingerprint density at radius 1 is 1.27 bits per heavy atom. The Hall–Kier alpha value is -2.08. The topological polar surface area (TPSA) is 64.7 Å². The highest BCUT2D eigenvalue weighted by molar-refractivity contribution is 5.96. The van der Waals surface area contributed by atoms with Crippen LogP contribution in [0.4, 0.5) is 10.5 Å². The van der Waals surface area contributed by atoms with Gasteiger partial charge in [-0.2, -0.15) is 0 Å². The number of hydrogen-bond acceptors (Lipinski definition) is 3. The molecule has 1 fully saturated rings. The molecule has 2 unspecified atom stereocenters. The van der Waals surface area contributed by atoms with Gasteiger partial charge >= 0.3 is 6.03 Å². The van der Waals surface area contributed by atoms with Crippen LogP contribution in [0.1, 0.15) is 40.0 Å². The van der Waals surface area contributed by atoms with Crippen molar-refractivity contribution in [3.63, 3.8) is 0 Å². The van der Waals surface area contributed by atoms with Crippen LogP contribution in [0.3, 0.4) is 0 Å². The zero-order valence-electron chi connectivity index (χ0n) is 16.2. The molecule has 1 saturated heterocycles. The van der Waals surface area contributed by atoms with Gasteiger partial charge in [0, 0.05) is 24.7 Å². The van der Waals surface area contributed by atoms with Crippen molar-refractivity contribution in [2.45, 2.75) is 52.1 Å². The zero-order chi connectivity index (χ0) is 18.9. The number of anilines is 1. The standard InChI is InChI=1S/C20H32N4O2/c1-4-23(5-2)13-9-10-16(3)21-20(26)22-17-14-19(25)24(15-17)18-11-7-6-8-12-18/h6-8,11-12,16-17H,4-5,9-10,13-15H2,1-3H3,(H2,21,22,26). The molecule has 2 N–H and O–H groups in total. The molecule has 2 rings (SSSR count). The van der Waals surface area contributed by atoms with E-state index in [9.17, 15) is 9.59 Å². The van der Waals surface area contributed by atoms with Gasteiger partial charge in [-0.1, -0.05) is 32.0 Å². The third-order valence-corrected chi connectivity index (χ3v) is 4.91. The highest BCUT2D eigenvalue weighted by atomic mass is 16.2. The fourth-order valence-electron chi connectivity index (χ4n) is 3.35. The van der Waals surface area contributed by atoms with Crippen LogP contribution < -0.4 is 15.5 Å². The molecular weight excluding hydrogens is 328 g/mol. The van der Waals surface area contributed by atoms with Gasteiger partial charge in [0.05, 0.1) is 6.04 Å². The highest BCUT2D eigenvalue weighted by Gasteiger charge is 2.31. The van der Waals surface area contributed by atoms with Gasteiger partial charge in [0.25, 0.3) is 0 Å². The molecule has 3 amide bonds. The monoisotopic (exact) mass is 360 g/mol. The van der Waals surface area contributed by atoms with E-state index in [1.165, 1.54) is 0 Å². The van der Waals surface area contributed by atoms with Crippen LogP contribution in [-0.2, 0) is 4.79 Å². The number of hydrogen-bond donors (Lipinski definition) is 2. The van der Waals surface area contributed by atoms with Crippen LogP contribution in [0, 0.1) is 0 Å². The molecule has 144 valence electrons. The van der Waals surface area contributed by atoms with Crippen molar-refractivity contribution in [2.75, 3.05) is 31.1 Å². The van der Waals surface area contributed by atoms with E-state index in [0.717, 1.165) is 38.2 Å². The minimum Gasteiger partial charge on any atom is -0.336 e. The van der Waals surface area contributed by atoms with Crippen molar-refractivity contribution < 1.29 is 9.59 Å². The van der Waals surface area contributed by atoms with Crippen LogP contribution in [0.25, 0.3) is 0 Å². The SMILES string of the molecule is CCN(CC)CCCC(C)NC(=O)NC1CC(=O)N(c2ccccc2)C1. The lowest BCUT2D eigenvalue weighted by molar-refractivity contribution is -0.117. The second-order valence-corrected chi connectivity index (χ2v) is 6.93. The lowest BCUT2D eigenvalue weighted by Gasteiger charge is -2.21. The summed E-state index contributed by atoms with van der Waals surface area (Å²) < 4.78 is 0. The molecule has 1 aromatic rings. The van der Waals surface area contributed by atoms with Gasteiger partial charge in [-0.3, -0.25) is 4.79 Å². The van der Waals surface area contributed by atoms with Gasteiger partial charge in [0.15, 0.2) is 0 Å². The molecule has 1 aliphatic heterocycles. The maximum absolute atomic E-state index is 12.2. The molecule has 0 radical (unpaired) electrons. The largest absolute Gasteiger partial charge is 0.336 e. The smallest absolute Gasteiger partial charge is 0.315 e. The number of urea groups is 1. The van der Waals surface area contributed by atoms with Gasteiger partial charge in [0.1, 0.15) is 0 Å². The molecule has 2 atom stereocenters. The average Bonchev–Trinajstić information content (AvgIpc) is 2.99. The number of nitrogens with one attached hydrogen (secondary N) is 2. The molecule has 1 aliphatic rings. The molecule has 1 aromatic carbocycles. The molecular formula is C20H32N4O2. The summed E-state index contributed by atoms with van der Waals surface area (Å²) in [5, 5.41) is 5.93.